The fourth-order valence-electron chi connectivity index (χ4n) is 3.40. The van der Waals surface area contributed by atoms with Crippen LogP contribution in [0.25, 0.3) is 0 Å². The van der Waals surface area contributed by atoms with Crippen molar-refractivity contribution in [1.29, 1.82) is 0 Å². The van der Waals surface area contributed by atoms with Gasteiger partial charge >= 0.3 is 0 Å². The van der Waals surface area contributed by atoms with Gasteiger partial charge in [-0.25, -0.2) is 0 Å². The lowest BCUT2D eigenvalue weighted by atomic mass is 10.1. The Bertz CT molecular complexity index is 358. The van der Waals surface area contributed by atoms with Crippen molar-refractivity contribution in [3.05, 3.63) is 0 Å². The lowest BCUT2D eigenvalue weighted by Crippen LogP contribution is -2.40. The Labute approximate surface area is 176 Å². The van der Waals surface area contributed by atoms with Gasteiger partial charge in [0.2, 0.25) is 0 Å². The van der Waals surface area contributed by atoms with Gasteiger partial charge in [-0.05, 0) is 32.1 Å². The molecule has 1 saturated heterocycles. The van der Waals surface area contributed by atoms with Crippen molar-refractivity contribution >= 4 is 29.9 Å². The Hall–Kier alpha value is -0.120. The summed E-state index contributed by atoms with van der Waals surface area (Å²) in [5.41, 5.74) is 0. The van der Waals surface area contributed by atoms with Crippen LogP contribution in [0.1, 0.15) is 57.8 Å². The molecule has 26 heavy (non-hydrogen) atoms. The normalized spacial score (nSPS) is 21.9. The van der Waals surface area contributed by atoms with Crippen LogP contribution < -0.4 is 10.6 Å². The maximum absolute atomic E-state index is 5.99. The molecule has 0 aromatic rings. The summed E-state index contributed by atoms with van der Waals surface area (Å²) in [5, 5.41) is 6.63. The summed E-state index contributed by atoms with van der Waals surface area (Å²) in [6, 6.07) is 0. The van der Waals surface area contributed by atoms with Crippen molar-refractivity contribution in [2.75, 3.05) is 46.6 Å². The summed E-state index contributed by atoms with van der Waals surface area (Å²) in [6.45, 7) is 4.78. The zero-order valence-electron chi connectivity index (χ0n) is 16.3. The molecule has 1 heterocycles. The van der Waals surface area contributed by atoms with Crippen LogP contribution in [0.2, 0.25) is 0 Å². The Morgan fingerprint density at radius 2 is 1.77 bits per heavy atom. The van der Waals surface area contributed by atoms with Crippen molar-refractivity contribution < 1.29 is 14.2 Å². The van der Waals surface area contributed by atoms with Crippen LogP contribution in [0.5, 0.6) is 0 Å². The molecule has 1 atom stereocenters. The van der Waals surface area contributed by atoms with E-state index in [-0.39, 0.29) is 24.0 Å². The smallest absolute Gasteiger partial charge is 0.191 e. The molecule has 0 radical (unpaired) electrons. The third kappa shape index (κ3) is 10.9. The summed E-state index contributed by atoms with van der Waals surface area (Å²) in [7, 11) is 1.80. The molecule has 0 aromatic heterocycles. The molecule has 0 bridgehead atoms. The average Bonchev–Trinajstić information content (AvgIpc) is 3.02. The fraction of sp³-hybridized carbons (Fsp3) is 0.947. The number of hydrogen-bond acceptors (Lipinski definition) is 4. The van der Waals surface area contributed by atoms with Crippen LogP contribution in [0.15, 0.2) is 4.99 Å². The first-order valence-corrected chi connectivity index (χ1v) is 10.1. The van der Waals surface area contributed by atoms with Crippen LogP contribution in [-0.2, 0) is 14.2 Å². The second kappa shape index (κ2) is 15.9. The van der Waals surface area contributed by atoms with E-state index in [4.69, 9.17) is 14.2 Å². The van der Waals surface area contributed by atoms with Gasteiger partial charge in [-0.3, -0.25) is 4.99 Å². The Morgan fingerprint density at radius 1 is 1.00 bits per heavy atom. The van der Waals surface area contributed by atoms with Gasteiger partial charge < -0.3 is 24.8 Å². The van der Waals surface area contributed by atoms with Crippen LogP contribution in [0, 0.1) is 0 Å². The topological polar surface area (TPSA) is 64.1 Å². The van der Waals surface area contributed by atoms with E-state index in [1.54, 1.807) is 7.05 Å². The number of nitrogens with one attached hydrogen (secondary N) is 2. The summed E-state index contributed by atoms with van der Waals surface area (Å²) < 4.78 is 17.2. The Balaban J connectivity index is 0.00000338. The number of halogens is 1. The highest BCUT2D eigenvalue weighted by Crippen LogP contribution is 2.19. The van der Waals surface area contributed by atoms with E-state index < -0.39 is 0 Å². The van der Waals surface area contributed by atoms with Crippen LogP contribution in [0.3, 0.4) is 0 Å². The maximum atomic E-state index is 5.99. The fourth-order valence-corrected chi connectivity index (χ4v) is 3.40. The highest BCUT2D eigenvalue weighted by atomic mass is 127. The van der Waals surface area contributed by atoms with Gasteiger partial charge in [-0.1, -0.05) is 25.7 Å². The van der Waals surface area contributed by atoms with Gasteiger partial charge in [0.15, 0.2) is 5.96 Å². The number of ether oxygens (including phenoxy) is 3. The second-order valence-electron chi connectivity index (χ2n) is 6.97. The number of guanidine groups is 1. The third-order valence-corrected chi connectivity index (χ3v) is 4.86. The minimum atomic E-state index is 0. The van der Waals surface area contributed by atoms with Gasteiger partial charge in [0.1, 0.15) is 0 Å². The zero-order valence-corrected chi connectivity index (χ0v) is 18.7. The van der Waals surface area contributed by atoms with Crippen molar-refractivity contribution in [3.63, 3.8) is 0 Å². The van der Waals surface area contributed by atoms with Crippen LogP contribution in [-0.4, -0.2) is 64.7 Å². The molecular weight excluding hydrogens is 445 g/mol. The van der Waals surface area contributed by atoms with Crippen LogP contribution in [0.4, 0.5) is 0 Å². The molecule has 1 saturated carbocycles. The molecule has 154 valence electrons. The van der Waals surface area contributed by atoms with Gasteiger partial charge in [0.25, 0.3) is 0 Å². The molecule has 2 aliphatic rings. The summed E-state index contributed by atoms with van der Waals surface area (Å²) >= 11 is 0. The molecule has 2 N–H and O–H groups in total. The SMILES string of the molecule is CN=C(NCCCOCC1CCCO1)NCCOC1CCCCCC1.I. The Morgan fingerprint density at radius 3 is 2.46 bits per heavy atom. The molecule has 0 aromatic carbocycles. The first kappa shape index (κ1) is 23.9. The van der Waals surface area contributed by atoms with Gasteiger partial charge in [0.05, 0.1) is 25.4 Å². The third-order valence-electron chi connectivity index (χ3n) is 4.86. The largest absolute Gasteiger partial charge is 0.379 e. The minimum absolute atomic E-state index is 0. The molecule has 1 aliphatic carbocycles. The van der Waals surface area contributed by atoms with Gasteiger partial charge in [-0.15, -0.1) is 24.0 Å². The van der Waals surface area contributed by atoms with E-state index in [0.717, 1.165) is 58.3 Å². The predicted molar refractivity (Wildman–Crippen MR) is 117 cm³/mol. The lowest BCUT2D eigenvalue weighted by molar-refractivity contribution is 0.0168. The molecule has 1 aliphatic heterocycles. The zero-order chi connectivity index (χ0) is 17.6. The molecule has 1 unspecified atom stereocenters. The van der Waals surface area contributed by atoms with E-state index in [9.17, 15) is 0 Å². The summed E-state index contributed by atoms with van der Waals surface area (Å²) in [4.78, 5) is 4.25. The average molecular weight is 483 g/mol. The van der Waals surface area contributed by atoms with Crippen molar-refractivity contribution in [1.82, 2.24) is 10.6 Å². The molecule has 0 amide bonds. The lowest BCUT2D eigenvalue weighted by Gasteiger charge is -2.17. The van der Waals surface area contributed by atoms with Crippen molar-refractivity contribution in [2.24, 2.45) is 4.99 Å². The molecule has 2 rings (SSSR count). The quantitative estimate of drug-likeness (QED) is 0.164. The van der Waals surface area contributed by atoms with E-state index in [1.165, 1.54) is 44.9 Å². The molecule has 2 fully saturated rings. The number of hydrogen-bond donors (Lipinski definition) is 2. The summed E-state index contributed by atoms with van der Waals surface area (Å²) in [5.74, 6) is 0.837. The first-order valence-electron chi connectivity index (χ1n) is 10.1. The molecule has 6 nitrogen and oxygen atoms in total. The van der Waals surface area contributed by atoms with E-state index in [0.29, 0.717) is 12.2 Å². The maximum Gasteiger partial charge on any atom is 0.191 e. The molecule has 0 spiro atoms. The number of nitrogens with zero attached hydrogens (tertiary/aromatic N) is 1. The van der Waals surface area contributed by atoms with Crippen LogP contribution >= 0.6 is 24.0 Å². The number of rotatable bonds is 10. The molecule has 7 heteroatoms. The highest BCUT2D eigenvalue weighted by Gasteiger charge is 2.15. The van der Waals surface area contributed by atoms with Gasteiger partial charge in [-0.2, -0.15) is 0 Å². The number of aliphatic imine (C=N–C) groups is 1. The summed E-state index contributed by atoms with van der Waals surface area (Å²) in [6.07, 6.45) is 11.9. The monoisotopic (exact) mass is 483 g/mol. The molecular formula is C19H38IN3O3. The minimum Gasteiger partial charge on any atom is -0.379 e. The highest BCUT2D eigenvalue weighted by molar-refractivity contribution is 14.0. The van der Waals surface area contributed by atoms with E-state index >= 15 is 0 Å². The predicted octanol–water partition coefficient (Wildman–Crippen LogP) is 3.09. The second-order valence-corrected chi connectivity index (χ2v) is 6.97. The standard InChI is InChI=1S/C19H37N3O3.HI/c1-20-19(21-11-7-13-23-16-18-10-6-14-24-18)22-12-15-25-17-8-4-2-3-5-9-17;/h17-18H,2-16H2,1H3,(H2,20,21,22);1H. The van der Waals surface area contributed by atoms with E-state index in [2.05, 4.69) is 15.6 Å². The Kier molecular flexibility index (Phi) is 14.6. The van der Waals surface area contributed by atoms with E-state index in [1.807, 2.05) is 0 Å². The van der Waals surface area contributed by atoms with Crippen molar-refractivity contribution in [3.8, 4) is 0 Å². The van der Waals surface area contributed by atoms with Gasteiger partial charge in [0, 0.05) is 33.4 Å². The van der Waals surface area contributed by atoms with Crippen molar-refractivity contribution in [2.45, 2.75) is 70.0 Å². The first-order chi connectivity index (χ1) is 12.4.